The Kier molecular flexibility index (Phi) is 7.26. The van der Waals surface area contributed by atoms with E-state index >= 15 is 0 Å². The monoisotopic (exact) mass is 292 g/mol. The third-order valence-corrected chi connectivity index (χ3v) is 3.48. The van der Waals surface area contributed by atoms with Crippen LogP contribution in [0.2, 0.25) is 0 Å². The maximum Gasteiger partial charge on any atom is 0.0810 e. The summed E-state index contributed by atoms with van der Waals surface area (Å²) in [5.74, 6) is 0. The highest BCUT2D eigenvalue weighted by molar-refractivity contribution is 9.11. The molecule has 1 rings (SSSR count). The summed E-state index contributed by atoms with van der Waals surface area (Å²) in [7, 11) is 0. The van der Waals surface area contributed by atoms with Gasteiger partial charge in [0.05, 0.1) is 23.6 Å². The Hall–Kier alpha value is 0.1000. The minimum atomic E-state index is 0.680. The number of thiophene rings is 1. The van der Waals surface area contributed by atoms with Crippen molar-refractivity contribution in [3.05, 3.63) is 20.8 Å². The molecule has 4 heteroatoms. The number of ether oxygens (including phenoxy) is 2. The van der Waals surface area contributed by atoms with Crippen LogP contribution in [0.25, 0.3) is 0 Å². The fraction of sp³-hybridized carbons (Fsp3) is 0.636. The third-order valence-electron chi connectivity index (χ3n) is 1.89. The van der Waals surface area contributed by atoms with Gasteiger partial charge >= 0.3 is 0 Å². The lowest BCUT2D eigenvalue weighted by molar-refractivity contribution is 0.0406. The number of unbranched alkanes of at least 4 members (excludes halogenated alkanes) is 1. The van der Waals surface area contributed by atoms with Crippen LogP contribution in [-0.4, -0.2) is 19.8 Å². The molecule has 0 aliphatic carbocycles. The van der Waals surface area contributed by atoms with Crippen molar-refractivity contribution in [1.82, 2.24) is 0 Å². The van der Waals surface area contributed by atoms with Gasteiger partial charge in [0.2, 0.25) is 0 Å². The lowest BCUT2D eigenvalue weighted by Gasteiger charge is -2.03. The molecule has 86 valence electrons. The quantitative estimate of drug-likeness (QED) is 0.678. The molecule has 15 heavy (non-hydrogen) atoms. The first kappa shape index (κ1) is 13.2. The second-order valence-corrected chi connectivity index (χ2v) is 5.77. The highest BCUT2D eigenvalue weighted by Gasteiger charge is 1.97. The zero-order valence-corrected chi connectivity index (χ0v) is 11.4. The normalized spacial score (nSPS) is 10.8. The number of hydrogen-bond acceptors (Lipinski definition) is 3. The average Bonchev–Trinajstić information content (AvgIpc) is 2.63. The van der Waals surface area contributed by atoms with Crippen molar-refractivity contribution in [3.8, 4) is 0 Å². The predicted molar refractivity (Wildman–Crippen MR) is 67.4 cm³/mol. The summed E-state index contributed by atoms with van der Waals surface area (Å²) in [5.41, 5.74) is 0. The highest BCUT2D eigenvalue weighted by Crippen LogP contribution is 2.22. The predicted octanol–water partition coefficient (Wildman–Crippen LogP) is 3.84. The van der Waals surface area contributed by atoms with Gasteiger partial charge in [0.25, 0.3) is 0 Å². The van der Waals surface area contributed by atoms with Crippen LogP contribution in [0.15, 0.2) is 15.9 Å². The molecule has 0 saturated heterocycles. The van der Waals surface area contributed by atoms with Gasteiger partial charge in [0, 0.05) is 11.5 Å². The molecule has 0 bridgehead atoms. The molecule has 0 aliphatic rings. The van der Waals surface area contributed by atoms with E-state index in [1.165, 1.54) is 11.3 Å². The van der Waals surface area contributed by atoms with Gasteiger partial charge in [-0.15, -0.1) is 11.3 Å². The van der Waals surface area contributed by atoms with Crippen LogP contribution >= 0.6 is 27.3 Å². The van der Waals surface area contributed by atoms with Gasteiger partial charge in [-0.25, -0.2) is 0 Å². The van der Waals surface area contributed by atoms with Crippen molar-refractivity contribution in [2.75, 3.05) is 19.8 Å². The second kappa shape index (κ2) is 8.28. The topological polar surface area (TPSA) is 18.5 Å². The van der Waals surface area contributed by atoms with Crippen LogP contribution in [0.1, 0.15) is 24.6 Å². The van der Waals surface area contributed by atoms with Gasteiger partial charge in [0.15, 0.2) is 0 Å². The van der Waals surface area contributed by atoms with Crippen molar-refractivity contribution >= 4 is 27.3 Å². The number of halogens is 1. The van der Waals surface area contributed by atoms with Gasteiger partial charge < -0.3 is 9.47 Å². The summed E-state index contributed by atoms with van der Waals surface area (Å²) in [6.07, 6.45) is 2.32. The molecule has 0 atom stereocenters. The summed E-state index contributed by atoms with van der Waals surface area (Å²) < 4.78 is 12.0. The molecule has 1 aromatic rings. The van der Waals surface area contributed by atoms with Crippen LogP contribution in [0, 0.1) is 0 Å². The Morgan fingerprint density at radius 3 is 2.67 bits per heavy atom. The Labute approximate surface area is 104 Å². The second-order valence-electron chi connectivity index (χ2n) is 3.22. The van der Waals surface area contributed by atoms with E-state index in [1.807, 2.05) is 6.07 Å². The van der Waals surface area contributed by atoms with Crippen molar-refractivity contribution in [2.24, 2.45) is 0 Å². The van der Waals surface area contributed by atoms with E-state index in [4.69, 9.17) is 9.47 Å². The first-order valence-electron chi connectivity index (χ1n) is 5.22. The number of hydrogen-bond donors (Lipinski definition) is 0. The van der Waals surface area contributed by atoms with E-state index in [9.17, 15) is 0 Å². The summed E-state index contributed by atoms with van der Waals surface area (Å²) in [6, 6.07) is 4.12. The standard InChI is InChI=1S/C11H17BrO2S/c1-2-3-6-13-7-8-14-9-10-4-5-11(12)15-10/h4-5H,2-3,6-9H2,1H3. The smallest absolute Gasteiger partial charge is 0.0810 e. The minimum absolute atomic E-state index is 0.680. The molecule has 0 aromatic carbocycles. The Bertz CT molecular complexity index is 263. The van der Waals surface area contributed by atoms with E-state index in [1.54, 1.807) is 11.3 Å². The molecule has 0 unspecified atom stereocenters. The highest BCUT2D eigenvalue weighted by atomic mass is 79.9. The first-order valence-corrected chi connectivity index (χ1v) is 6.83. The lowest BCUT2D eigenvalue weighted by atomic mass is 10.4. The summed E-state index contributed by atoms with van der Waals surface area (Å²) in [5, 5.41) is 0. The Morgan fingerprint density at radius 2 is 2.00 bits per heavy atom. The largest absolute Gasteiger partial charge is 0.379 e. The molecule has 0 fully saturated rings. The molecular weight excluding hydrogens is 276 g/mol. The fourth-order valence-corrected chi connectivity index (χ4v) is 2.49. The molecule has 0 spiro atoms. The average molecular weight is 293 g/mol. The first-order chi connectivity index (χ1) is 7.33. The zero-order valence-electron chi connectivity index (χ0n) is 9.00. The van der Waals surface area contributed by atoms with Crippen molar-refractivity contribution in [3.63, 3.8) is 0 Å². The van der Waals surface area contributed by atoms with Crippen LogP contribution in [0.5, 0.6) is 0 Å². The molecule has 0 aliphatic heterocycles. The van der Waals surface area contributed by atoms with Gasteiger partial charge in [-0.05, 0) is 34.5 Å². The van der Waals surface area contributed by atoms with E-state index in [0.717, 1.165) is 16.8 Å². The van der Waals surface area contributed by atoms with Gasteiger partial charge in [-0.3, -0.25) is 0 Å². The molecule has 0 amide bonds. The molecule has 0 saturated carbocycles. The lowest BCUT2D eigenvalue weighted by Crippen LogP contribution is -2.04. The zero-order chi connectivity index (χ0) is 10.9. The van der Waals surface area contributed by atoms with E-state index in [0.29, 0.717) is 19.8 Å². The minimum Gasteiger partial charge on any atom is -0.379 e. The van der Waals surface area contributed by atoms with E-state index in [-0.39, 0.29) is 0 Å². The molecule has 0 N–H and O–H groups in total. The molecule has 1 aromatic heterocycles. The molecule has 1 heterocycles. The molecule has 0 radical (unpaired) electrons. The van der Waals surface area contributed by atoms with Gasteiger partial charge in [-0.1, -0.05) is 13.3 Å². The molecule has 2 nitrogen and oxygen atoms in total. The molecular formula is C11H17BrO2S. The maximum absolute atomic E-state index is 5.48. The van der Waals surface area contributed by atoms with Crippen molar-refractivity contribution in [1.29, 1.82) is 0 Å². The van der Waals surface area contributed by atoms with Gasteiger partial charge in [-0.2, -0.15) is 0 Å². The maximum atomic E-state index is 5.48. The number of rotatable bonds is 8. The third kappa shape index (κ3) is 6.30. The van der Waals surface area contributed by atoms with E-state index < -0.39 is 0 Å². The van der Waals surface area contributed by atoms with Crippen LogP contribution in [0.4, 0.5) is 0 Å². The summed E-state index contributed by atoms with van der Waals surface area (Å²) in [6.45, 7) is 5.08. The van der Waals surface area contributed by atoms with Crippen LogP contribution < -0.4 is 0 Å². The summed E-state index contributed by atoms with van der Waals surface area (Å²) in [4.78, 5) is 1.25. The van der Waals surface area contributed by atoms with Crippen molar-refractivity contribution in [2.45, 2.75) is 26.4 Å². The Morgan fingerprint density at radius 1 is 1.20 bits per heavy atom. The van der Waals surface area contributed by atoms with Crippen LogP contribution in [0.3, 0.4) is 0 Å². The van der Waals surface area contributed by atoms with Crippen molar-refractivity contribution < 1.29 is 9.47 Å². The SMILES string of the molecule is CCCCOCCOCc1ccc(Br)s1. The Balaban J connectivity index is 1.93. The van der Waals surface area contributed by atoms with Gasteiger partial charge in [0.1, 0.15) is 0 Å². The summed E-state index contributed by atoms with van der Waals surface area (Å²) >= 11 is 5.13. The van der Waals surface area contributed by atoms with E-state index in [2.05, 4.69) is 28.9 Å². The van der Waals surface area contributed by atoms with Crippen LogP contribution in [-0.2, 0) is 16.1 Å². The fourth-order valence-electron chi connectivity index (χ4n) is 1.07.